The fourth-order valence-corrected chi connectivity index (χ4v) is 2.52. The van der Waals surface area contributed by atoms with E-state index in [0.717, 1.165) is 0 Å². The molecule has 170 valence electrons. The minimum atomic E-state index is -1.21. The first-order valence-corrected chi connectivity index (χ1v) is 9.58. The molecule has 0 fully saturated rings. The topological polar surface area (TPSA) is 185 Å². The molecule has 0 saturated heterocycles. The first kappa shape index (κ1) is 24.6. The predicted molar refractivity (Wildman–Crippen MR) is 109 cm³/mol. The van der Waals surface area contributed by atoms with Gasteiger partial charge in [0.15, 0.2) is 11.7 Å². The van der Waals surface area contributed by atoms with Crippen LogP contribution in [-0.2, 0) is 11.2 Å². The van der Waals surface area contributed by atoms with E-state index in [9.17, 15) is 4.79 Å². The fraction of sp³-hybridized carbons (Fsp3) is 0.421. The van der Waals surface area contributed by atoms with E-state index in [-0.39, 0.29) is 12.8 Å². The molecule has 0 saturated carbocycles. The zero-order valence-corrected chi connectivity index (χ0v) is 17.4. The lowest BCUT2D eigenvalue weighted by Crippen LogP contribution is -2.50. The van der Waals surface area contributed by atoms with E-state index < -0.39 is 37.4 Å². The van der Waals surface area contributed by atoms with E-state index >= 15 is 0 Å². The van der Waals surface area contributed by atoms with E-state index in [4.69, 9.17) is 51.4 Å². The van der Waals surface area contributed by atoms with Crippen LogP contribution < -0.4 is 10.5 Å². The predicted octanol–water partition coefficient (Wildman–Crippen LogP) is 1.29. The summed E-state index contributed by atoms with van der Waals surface area (Å²) in [6, 6.07) is 3.27. The van der Waals surface area contributed by atoms with Gasteiger partial charge < -0.3 is 39.8 Å². The molecule has 11 nitrogen and oxygen atoms in total. The van der Waals surface area contributed by atoms with Gasteiger partial charge in [0.1, 0.15) is 12.0 Å². The van der Waals surface area contributed by atoms with Gasteiger partial charge in [-0.25, -0.2) is 4.98 Å². The number of rotatable bonds is 9. The Morgan fingerprint density at radius 3 is 2.48 bits per heavy atom. The Kier molecular flexibility index (Phi) is 8.77. The number of aliphatic hydroxyl groups is 3. The molecular weight excluding hydrogens is 434 g/mol. The van der Waals surface area contributed by atoms with Crippen molar-refractivity contribution in [2.75, 3.05) is 19.8 Å². The highest BCUT2D eigenvalue weighted by Crippen LogP contribution is 2.34. The molecule has 2 aromatic heterocycles. The Morgan fingerprint density at radius 1 is 1.29 bits per heavy atom. The summed E-state index contributed by atoms with van der Waals surface area (Å²) in [4.78, 5) is 14.7. The highest BCUT2D eigenvalue weighted by molar-refractivity contribution is 6.32. The van der Waals surface area contributed by atoms with Crippen molar-refractivity contribution in [2.45, 2.75) is 31.4 Å². The number of fused-ring (bicyclic) bond motifs is 1. The highest BCUT2D eigenvalue weighted by Gasteiger charge is 2.21. The maximum Gasteiger partial charge on any atom is 0.303 e. The van der Waals surface area contributed by atoms with Gasteiger partial charge in [-0.3, -0.25) is 4.79 Å². The third-order valence-corrected chi connectivity index (χ3v) is 4.52. The molecule has 2 heterocycles. The van der Waals surface area contributed by atoms with Crippen LogP contribution in [0.3, 0.4) is 0 Å². The fourth-order valence-electron chi connectivity index (χ4n) is 2.31. The smallest absolute Gasteiger partial charge is 0.303 e. The van der Waals surface area contributed by atoms with Gasteiger partial charge in [0.25, 0.3) is 0 Å². The van der Waals surface area contributed by atoms with Gasteiger partial charge in [0, 0.05) is 17.9 Å². The Bertz CT molecular complexity index is 964. The van der Waals surface area contributed by atoms with Gasteiger partial charge in [0.2, 0.25) is 5.89 Å². The van der Waals surface area contributed by atoms with Crippen molar-refractivity contribution in [3.63, 3.8) is 0 Å². The zero-order chi connectivity index (χ0) is 23.0. The van der Waals surface area contributed by atoms with Gasteiger partial charge >= 0.3 is 5.97 Å². The molecule has 1 aromatic carbocycles. The summed E-state index contributed by atoms with van der Waals surface area (Å²) >= 11 is 6.24. The summed E-state index contributed by atoms with van der Waals surface area (Å²) < 4.78 is 16.1. The number of aliphatic carboxylic acids is 1. The molecule has 1 atom stereocenters. The van der Waals surface area contributed by atoms with E-state index in [1.54, 1.807) is 19.1 Å². The SMILES string of the molecule is C[C@@H](Oc1cc2onc(CCC(=O)O)c2cc1Cl)c1ncco1.NC(CO)(CO)CO. The number of carboxylic acid groups (broad SMARTS) is 1. The zero-order valence-electron chi connectivity index (χ0n) is 16.7. The van der Waals surface area contributed by atoms with Crippen LogP contribution in [0.4, 0.5) is 0 Å². The number of nitrogens with zero attached hydrogens (tertiary/aromatic N) is 2. The lowest BCUT2D eigenvalue weighted by atomic mass is 10.1. The maximum absolute atomic E-state index is 10.7. The van der Waals surface area contributed by atoms with E-state index in [0.29, 0.717) is 33.3 Å². The Morgan fingerprint density at radius 2 is 1.97 bits per heavy atom. The first-order valence-electron chi connectivity index (χ1n) is 9.20. The molecule has 0 amide bonds. The second kappa shape index (κ2) is 11.1. The number of aliphatic hydroxyl groups excluding tert-OH is 3. The maximum atomic E-state index is 10.7. The van der Waals surface area contributed by atoms with Crippen LogP contribution in [0.1, 0.15) is 31.0 Å². The molecule has 31 heavy (non-hydrogen) atoms. The molecule has 0 aliphatic carbocycles. The quantitative estimate of drug-likeness (QED) is 0.311. The normalized spacial score (nSPS) is 12.3. The largest absolute Gasteiger partial charge is 0.481 e. The van der Waals surface area contributed by atoms with Crippen molar-refractivity contribution in [2.24, 2.45) is 5.73 Å². The van der Waals surface area contributed by atoms with Crippen LogP contribution in [0.15, 0.2) is 33.5 Å². The van der Waals surface area contributed by atoms with Gasteiger partial charge in [-0.2, -0.15) is 0 Å². The monoisotopic (exact) mass is 457 g/mol. The summed E-state index contributed by atoms with van der Waals surface area (Å²) in [5, 5.41) is 38.7. The van der Waals surface area contributed by atoms with Crippen molar-refractivity contribution in [1.29, 1.82) is 0 Å². The number of hydrogen-bond acceptors (Lipinski definition) is 10. The molecule has 12 heteroatoms. The molecule has 0 aliphatic rings. The number of carbonyl (C=O) groups is 1. The average Bonchev–Trinajstić information content (AvgIpc) is 3.43. The standard InChI is InChI=1S/C15H13ClN2O5.C4H11NO3/c1-8(15-17-4-5-21-15)22-13-7-12-9(6-10(13)16)11(18-23-12)2-3-14(19)20;5-4(1-6,2-7)3-8/h4-8H,2-3H2,1H3,(H,19,20);6-8H,1-3,5H2/t8-;/m1./s1. The van der Waals surface area contributed by atoms with Crippen LogP contribution in [0.2, 0.25) is 5.02 Å². The Hall–Kier alpha value is -2.70. The van der Waals surface area contributed by atoms with E-state index in [1.807, 2.05) is 0 Å². The lowest BCUT2D eigenvalue weighted by molar-refractivity contribution is -0.136. The molecule has 3 aromatic rings. The van der Waals surface area contributed by atoms with Crippen molar-refractivity contribution in [3.05, 3.63) is 41.2 Å². The number of aryl methyl sites for hydroxylation is 1. The minimum absolute atomic E-state index is 0.0291. The minimum Gasteiger partial charge on any atom is -0.481 e. The molecule has 6 N–H and O–H groups in total. The number of halogens is 1. The van der Waals surface area contributed by atoms with Gasteiger partial charge in [-0.1, -0.05) is 16.8 Å². The van der Waals surface area contributed by atoms with Crippen LogP contribution >= 0.6 is 11.6 Å². The highest BCUT2D eigenvalue weighted by atomic mass is 35.5. The summed E-state index contributed by atoms with van der Waals surface area (Å²) in [7, 11) is 0. The molecule has 0 bridgehead atoms. The number of nitrogens with two attached hydrogens (primary N) is 1. The van der Waals surface area contributed by atoms with Gasteiger partial charge in [-0.15, -0.1) is 0 Å². The Labute approximate surface area is 182 Å². The number of aromatic nitrogens is 2. The molecule has 0 radical (unpaired) electrons. The number of ether oxygens (including phenoxy) is 1. The van der Waals surface area contributed by atoms with E-state index in [1.165, 1.54) is 12.5 Å². The van der Waals surface area contributed by atoms with Gasteiger partial charge in [0.05, 0.1) is 48.7 Å². The third kappa shape index (κ3) is 6.64. The van der Waals surface area contributed by atoms with Crippen LogP contribution in [0.5, 0.6) is 5.75 Å². The molecule has 0 unspecified atom stereocenters. The number of carboxylic acids is 1. The van der Waals surface area contributed by atoms with E-state index in [2.05, 4.69) is 10.1 Å². The van der Waals surface area contributed by atoms with Crippen molar-refractivity contribution in [3.8, 4) is 5.75 Å². The number of oxazole rings is 1. The van der Waals surface area contributed by atoms with Crippen molar-refractivity contribution < 1.29 is 38.9 Å². The summed E-state index contributed by atoms with van der Waals surface area (Å²) in [5.41, 5.74) is 4.97. The number of hydrogen-bond donors (Lipinski definition) is 5. The summed E-state index contributed by atoms with van der Waals surface area (Å²) in [6.07, 6.45) is 2.81. The molecule has 3 rings (SSSR count). The molecular formula is C19H24ClN3O8. The van der Waals surface area contributed by atoms with Crippen molar-refractivity contribution >= 4 is 28.5 Å². The summed E-state index contributed by atoms with van der Waals surface area (Å²) in [5.74, 6) is -0.0568. The second-order valence-electron chi connectivity index (χ2n) is 6.77. The second-order valence-corrected chi connectivity index (χ2v) is 7.18. The third-order valence-electron chi connectivity index (χ3n) is 4.22. The average molecular weight is 458 g/mol. The van der Waals surface area contributed by atoms with Crippen LogP contribution in [0.25, 0.3) is 11.0 Å². The van der Waals surface area contributed by atoms with Gasteiger partial charge in [-0.05, 0) is 13.0 Å². The van der Waals surface area contributed by atoms with Crippen LogP contribution in [0, 0.1) is 0 Å². The van der Waals surface area contributed by atoms with Crippen LogP contribution in [-0.4, -0.2) is 61.9 Å². The molecule has 0 spiro atoms. The summed E-state index contributed by atoms with van der Waals surface area (Å²) in [6.45, 7) is 0.574. The first-order chi connectivity index (χ1) is 14.7. The van der Waals surface area contributed by atoms with Crippen molar-refractivity contribution in [1.82, 2.24) is 10.1 Å². The number of benzene rings is 1. The lowest BCUT2D eigenvalue weighted by Gasteiger charge is -2.20. The molecule has 0 aliphatic heterocycles. The Balaban J connectivity index is 0.000000366.